The van der Waals surface area contributed by atoms with Crippen LogP contribution in [0, 0.1) is 12.8 Å². The molecule has 0 bridgehead atoms. The zero-order valence-corrected chi connectivity index (χ0v) is 13.7. The van der Waals surface area contributed by atoms with Crippen LogP contribution in [-0.4, -0.2) is 17.7 Å². The van der Waals surface area contributed by atoms with Gasteiger partial charge in [-0.15, -0.1) is 0 Å². The number of anilines is 1. The van der Waals surface area contributed by atoms with Gasteiger partial charge in [0.1, 0.15) is 0 Å². The Kier molecular flexibility index (Phi) is 3.77. The van der Waals surface area contributed by atoms with Crippen molar-refractivity contribution in [3.05, 3.63) is 64.7 Å². The fourth-order valence-electron chi connectivity index (χ4n) is 4.09. The molecule has 0 amide bonds. The van der Waals surface area contributed by atoms with E-state index in [4.69, 9.17) is 4.74 Å². The average Bonchev–Trinajstić information content (AvgIpc) is 2.61. The number of rotatable bonds is 2. The van der Waals surface area contributed by atoms with E-state index in [-0.39, 0.29) is 12.1 Å². The minimum absolute atomic E-state index is 0.0433. The summed E-state index contributed by atoms with van der Waals surface area (Å²) < 4.78 is 6.12. The molecule has 2 aliphatic heterocycles. The minimum Gasteiger partial charge on any atom is -0.478 e. The van der Waals surface area contributed by atoms with Gasteiger partial charge in [-0.05, 0) is 37.0 Å². The van der Waals surface area contributed by atoms with Crippen molar-refractivity contribution >= 4 is 11.7 Å². The maximum Gasteiger partial charge on any atom is 0.337 e. The predicted octanol–water partition coefficient (Wildman–Crippen LogP) is 4.33. The number of carbonyl (C=O) groups is 1. The molecule has 2 aromatic carbocycles. The van der Waals surface area contributed by atoms with Crippen LogP contribution in [0.15, 0.2) is 42.5 Å². The van der Waals surface area contributed by atoms with Crippen LogP contribution in [-0.2, 0) is 4.74 Å². The fourth-order valence-corrected chi connectivity index (χ4v) is 4.09. The number of hydrogen-bond acceptors (Lipinski definition) is 3. The van der Waals surface area contributed by atoms with E-state index >= 15 is 0 Å². The summed E-state index contributed by atoms with van der Waals surface area (Å²) in [7, 11) is 0. The standard InChI is InChI=1S/C20H21NO3/c1-12-10-15-18(16(11-12)20(22)23)21-17(13-6-3-2-4-7-13)14-8-5-9-24-19(14)15/h2-4,6-7,10-11,14,17,19,21H,5,8-9H2,1H3,(H,22,23)/t14?,17-,19?/m0/s1. The molecule has 4 nitrogen and oxygen atoms in total. The Morgan fingerprint density at radius 1 is 1.25 bits per heavy atom. The van der Waals surface area contributed by atoms with Crippen molar-refractivity contribution in [3.8, 4) is 0 Å². The van der Waals surface area contributed by atoms with Gasteiger partial charge in [0, 0.05) is 18.1 Å². The van der Waals surface area contributed by atoms with Crippen LogP contribution in [0.4, 0.5) is 5.69 Å². The summed E-state index contributed by atoms with van der Waals surface area (Å²) in [6.07, 6.45) is 2.07. The van der Waals surface area contributed by atoms with Gasteiger partial charge in [0.15, 0.2) is 0 Å². The molecule has 2 heterocycles. The summed E-state index contributed by atoms with van der Waals surface area (Å²) >= 11 is 0. The number of aryl methyl sites for hydroxylation is 1. The first-order valence-electron chi connectivity index (χ1n) is 8.46. The van der Waals surface area contributed by atoms with Crippen molar-refractivity contribution < 1.29 is 14.6 Å². The summed E-state index contributed by atoms with van der Waals surface area (Å²) in [5, 5.41) is 13.2. The van der Waals surface area contributed by atoms with E-state index in [0.717, 1.165) is 30.6 Å². The van der Waals surface area contributed by atoms with Crippen molar-refractivity contribution in [2.45, 2.75) is 31.9 Å². The molecule has 2 N–H and O–H groups in total. The second kappa shape index (κ2) is 5.95. The van der Waals surface area contributed by atoms with Gasteiger partial charge in [-0.1, -0.05) is 36.4 Å². The predicted molar refractivity (Wildman–Crippen MR) is 92.4 cm³/mol. The van der Waals surface area contributed by atoms with E-state index in [0.29, 0.717) is 17.2 Å². The molecule has 24 heavy (non-hydrogen) atoms. The molecule has 4 rings (SSSR count). The summed E-state index contributed by atoms with van der Waals surface area (Å²) in [5.74, 6) is -0.583. The Morgan fingerprint density at radius 3 is 2.79 bits per heavy atom. The Bertz CT molecular complexity index is 772. The average molecular weight is 323 g/mol. The lowest BCUT2D eigenvalue weighted by Gasteiger charge is -2.44. The van der Waals surface area contributed by atoms with E-state index in [1.807, 2.05) is 25.1 Å². The third kappa shape index (κ3) is 2.47. The molecule has 0 aliphatic carbocycles. The highest BCUT2D eigenvalue weighted by atomic mass is 16.5. The SMILES string of the molecule is Cc1cc(C(=O)O)c2c(c1)C1OCCCC1[C@H](c1ccccc1)N2. The summed E-state index contributed by atoms with van der Waals surface area (Å²) in [6.45, 7) is 2.67. The Hall–Kier alpha value is -2.33. The van der Waals surface area contributed by atoms with Crippen LogP contribution in [0.25, 0.3) is 0 Å². The number of benzene rings is 2. The van der Waals surface area contributed by atoms with E-state index in [1.54, 1.807) is 6.07 Å². The van der Waals surface area contributed by atoms with Crippen LogP contribution in [0.2, 0.25) is 0 Å². The Labute approximate surface area is 141 Å². The van der Waals surface area contributed by atoms with E-state index < -0.39 is 5.97 Å². The summed E-state index contributed by atoms with van der Waals surface area (Å²) in [5.41, 5.74) is 4.17. The summed E-state index contributed by atoms with van der Waals surface area (Å²) in [6, 6.07) is 14.1. The zero-order chi connectivity index (χ0) is 16.7. The van der Waals surface area contributed by atoms with Crippen molar-refractivity contribution in [1.29, 1.82) is 0 Å². The molecule has 0 aromatic heterocycles. The maximum atomic E-state index is 11.7. The Morgan fingerprint density at radius 2 is 2.04 bits per heavy atom. The van der Waals surface area contributed by atoms with Gasteiger partial charge in [-0.3, -0.25) is 0 Å². The van der Waals surface area contributed by atoms with Crippen LogP contribution in [0.3, 0.4) is 0 Å². The topological polar surface area (TPSA) is 58.6 Å². The third-order valence-electron chi connectivity index (χ3n) is 5.10. The van der Waals surface area contributed by atoms with Gasteiger partial charge in [-0.2, -0.15) is 0 Å². The lowest BCUT2D eigenvalue weighted by Crippen LogP contribution is -2.36. The molecule has 1 saturated heterocycles. The largest absolute Gasteiger partial charge is 0.478 e. The first-order valence-corrected chi connectivity index (χ1v) is 8.46. The minimum atomic E-state index is -0.900. The van der Waals surface area contributed by atoms with Gasteiger partial charge < -0.3 is 15.2 Å². The number of nitrogens with one attached hydrogen (secondary N) is 1. The second-order valence-electron chi connectivity index (χ2n) is 6.71. The molecule has 2 unspecified atom stereocenters. The molecule has 2 aromatic rings. The Balaban J connectivity index is 1.87. The number of carboxylic acid groups (broad SMARTS) is 1. The van der Waals surface area contributed by atoms with E-state index in [1.165, 1.54) is 5.56 Å². The van der Waals surface area contributed by atoms with Crippen LogP contribution in [0.5, 0.6) is 0 Å². The highest BCUT2D eigenvalue weighted by Crippen LogP contribution is 2.50. The molecule has 0 spiro atoms. The van der Waals surface area contributed by atoms with Crippen LogP contribution >= 0.6 is 0 Å². The molecular formula is C20H21NO3. The molecule has 124 valence electrons. The van der Waals surface area contributed by atoms with Gasteiger partial charge >= 0.3 is 5.97 Å². The van der Waals surface area contributed by atoms with Crippen molar-refractivity contribution in [3.63, 3.8) is 0 Å². The van der Waals surface area contributed by atoms with Gasteiger partial charge in [0.25, 0.3) is 0 Å². The van der Waals surface area contributed by atoms with Crippen molar-refractivity contribution in [1.82, 2.24) is 0 Å². The molecule has 3 atom stereocenters. The molecule has 4 heteroatoms. The number of aromatic carboxylic acids is 1. The first kappa shape index (κ1) is 15.2. The normalized spacial score (nSPS) is 25.3. The third-order valence-corrected chi connectivity index (χ3v) is 5.10. The van der Waals surface area contributed by atoms with Crippen LogP contribution < -0.4 is 5.32 Å². The number of ether oxygens (including phenoxy) is 1. The smallest absolute Gasteiger partial charge is 0.337 e. The monoisotopic (exact) mass is 323 g/mol. The zero-order valence-electron chi connectivity index (χ0n) is 13.7. The van der Waals surface area contributed by atoms with Crippen molar-refractivity contribution in [2.75, 3.05) is 11.9 Å². The lowest BCUT2D eigenvalue weighted by molar-refractivity contribution is -0.0382. The quantitative estimate of drug-likeness (QED) is 0.864. The van der Waals surface area contributed by atoms with Gasteiger partial charge in [0.05, 0.1) is 23.4 Å². The molecule has 0 radical (unpaired) electrons. The first-order chi connectivity index (χ1) is 11.6. The maximum absolute atomic E-state index is 11.7. The number of fused-ring (bicyclic) bond motifs is 3. The van der Waals surface area contributed by atoms with Crippen molar-refractivity contribution in [2.24, 2.45) is 5.92 Å². The molecule has 2 aliphatic rings. The fraction of sp³-hybridized carbons (Fsp3) is 0.350. The van der Waals surface area contributed by atoms with Crippen LogP contribution in [0.1, 0.15) is 52.0 Å². The molecule has 1 fully saturated rings. The molecular weight excluding hydrogens is 302 g/mol. The second-order valence-corrected chi connectivity index (χ2v) is 6.71. The van der Waals surface area contributed by atoms with E-state index in [2.05, 4.69) is 23.5 Å². The highest BCUT2D eigenvalue weighted by Gasteiger charge is 2.41. The highest BCUT2D eigenvalue weighted by molar-refractivity contribution is 5.96. The van der Waals surface area contributed by atoms with E-state index in [9.17, 15) is 9.90 Å². The van der Waals surface area contributed by atoms with Gasteiger partial charge in [0.2, 0.25) is 0 Å². The summed E-state index contributed by atoms with van der Waals surface area (Å²) in [4.78, 5) is 11.7. The number of carboxylic acids is 1. The van der Waals surface area contributed by atoms with Gasteiger partial charge in [-0.25, -0.2) is 4.79 Å². The number of hydrogen-bond donors (Lipinski definition) is 2. The molecule has 0 saturated carbocycles. The lowest BCUT2D eigenvalue weighted by atomic mass is 9.76.